The van der Waals surface area contributed by atoms with Crippen molar-refractivity contribution in [2.24, 2.45) is 0 Å². The van der Waals surface area contributed by atoms with Gasteiger partial charge in [-0.25, -0.2) is 4.79 Å². The van der Waals surface area contributed by atoms with Gasteiger partial charge in [0.25, 0.3) is 5.91 Å². The molecule has 0 saturated heterocycles. The molecule has 1 saturated carbocycles. The van der Waals surface area contributed by atoms with Gasteiger partial charge >= 0.3 is 6.09 Å². The predicted octanol–water partition coefficient (Wildman–Crippen LogP) is 3.11. The third-order valence-electron chi connectivity index (χ3n) is 5.25. The second kappa shape index (κ2) is 10.4. The van der Waals surface area contributed by atoms with Crippen LogP contribution in [0, 0.1) is 0 Å². The van der Waals surface area contributed by atoms with Gasteiger partial charge in [0.15, 0.2) is 18.7 Å². The average molecular weight is 475 g/mol. The molecule has 184 valence electrons. The first-order valence-electron chi connectivity index (χ1n) is 10.9. The Bertz CT molecular complexity index is 1040. The van der Waals surface area contributed by atoms with Crippen LogP contribution in [-0.2, 0) is 9.53 Å². The maximum Gasteiger partial charge on any atom is 0.407 e. The molecule has 11 nitrogen and oxygen atoms in total. The first-order valence-corrected chi connectivity index (χ1v) is 10.9. The number of phenolic OH excluding ortho intramolecular Hbond substituents is 1. The number of amides is 2. The number of aromatic nitrogens is 2. The van der Waals surface area contributed by atoms with Gasteiger partial charge < -0.3 is 30.0 Å². The summed E-state index contributed by atoms with van der Waals surface area (Å²) in [7, 11) is 1.40. The summed E-state index contributed by atoms with van der Waals surface area (Å²) in [6, 6.07) is 4.41. The minimum Gasteiger partial charge on any atom is -0.507 e. The molecule has 2 aromatic rings. The van der Waals surface area contributed by atoms with Gasteiger partial charge in [-0.05, 0) is 40.0 Å². The number of phenols is 1. The fourth-order valence-corrected chi connectivity index (χ4v) is 3.69. The summed E-state index contributed by atoms with van der Waals surface area (Å²) in [6.07, 6.45) is 2.03. The maximum atomic E-state index is 12.3. The van der Waals surface area contributed by atoms with E-state index in [9.17, 15) is 19.5 Å². The van der Waals surface area contributed by atoms with Crippen molar-refractivity contribution < 1.29 is 33.7 Å². The van der Waals surface area contributed by atoms with E-state index >= 15 is 0 Å². The number of aromatic amines is 1. The number of ether oxygens (including phenoxy) is 3. The zero-order valence-corrected chi connectivity index (χ0v) is 19.6. The third-order valence-corrected chi connectivity index (χ3v) is 5.25. The first-order chi connectivity index (χ1) is 16.1. The summed E-state index contributed by atoms with van der Waals surface area (Å²) in [5.41, 5.74) is 0.390. The van der Waals surface area contributed by atoms with E-state index in [4.69, 9.17) is 14.2 Å². The number of rotatable bonds is 8. The lowest BCUT2D eigenvalue weighted by Crippen LogP contribution is -2.42. The molecule has 0 bridgehead atoms. The number of aromatic hydroxyl groups is 1. The molecule has 1 fully saturated rings. The molecule has 1 aromatic carbocycles. The lowest BCUT2D eigenvalue weighted by atomic mass is 10.0. The van der Waals surface area contributed by atoms with E-state index in [0.717, 1.165) is 18.5 Å². The molecule has 0 spiro atoms. The number of nitrogens with one attached hydrogen (secondary N) is 3. The van der Waals surface area contributed by atoms with Gasteiger partial charge in [-0.2, -0.15) is 5.10 Å². The van der Waals surface area contributed by atoms with E-state index in [0.29, 0.717) is 18.5 Å². The highest BCUT2D eigenvalue weighted by Gasteiger charge is 2.30. The van der Waals surface area contributed by atoms with Gasteiger partial charge in [-0.3, -0.25) is 14.7 Å². The molecule has 2 atom stereocenters. The van der Waals surface area contributed by atoms with Crippen LogP contribution in [0.5, 0.6) is 17.2 Å². The Hall–Kier alpha value is -3.76. The number of H-pyrrole nitrogens is 1. The summed E-state index contributed by atoms with van der Waals surface area (Å²) in [6.45, 7) is 5.26. The predicted molar refractivity (Wildman–Crippen MR) is 123 cm³/mol. The molecule has 0 radical (unpaired) electrons. The van der Waals surface area contributed by atoms with Gasteiger partial charge in [0, 0.05) is 35.3 Å². The lowest BCUT2D eigenvalue weighted by molar-refractivity contribution is -0.118. The molecule has 4 N–H and O–H groups in total. The molecule has 3 rings (SSSR count). The van der Waals surface area contributed by atoms with Gasteiger partial charge in [-0.15, -0.1) is 0 Å². The van der Waals surface area contributed by atoms with E-state index in [1.54, 1.807) is 6.07 Å². The number of anilines is 1. The number of alkyl carbamates (subject to hydrolysis) is 1. The Labute approximate surface area is 197 Å². The van der Waals surface area contributed by atoms with Crippen molar-refractivity contribution in [1.29, 1.82) is 0 Å². The smallest absolute Gasteiger partial charge is 0.407 e. The molecule has 1 aliphatic carbocycles. The van der Waals surface area contributed by atoms with Crippen molar-refractivity contribution in [1.82, 2.24) is 15.5 Å². The number of carbonyl (C=O) groups excluding carboxylic acids is 3. The maximum absolute atomic E-state index is 12.3. The Balaban J connectivity index is 1.52. The summed E-state index contributed by atoms with van der Waals surface area (Å²) < 4.78 is 15.9. The molecule has 1 unspecified atom stereocenters. The SMILES string of the molecule is COc1cc(O)c(C=O)c(OCC(=O)Nc2cc([C@H]3CCC(OC(=O)NC(C)(C)C)C3)[nH]n2)c1. The van der Waals surface area contributed by atoms with Crippen LogP contribution in [0.2, 0.25) is 0 Å². The molecule has 2 amide bonds. The van der Waals surface area contributed by atoms with Gasteiger partial charge in [0.2, 0.25) is 0 Å². The fourth-order valence-electron chi connectivity index (χ4n) is 3.69. The molecule has 11 heteroatoms. The highest BCUT2D eigenvalue weighted by atomic mass is 16.6. The first kappa shape index (κ1) is 24.9. The van der Waals surface area contributed by atoms with Gasteiger partial charge in [0.1, 0.15) is 23.4 Å². The number of carbonyl (C=O) groups is 3. The Kier molecular flexibility index (Phi) is 7.64. The number of hydrogen-bond donors (Lipinski definition) is 4. The molecule has 1 aliphatic rings. The quantitative estimate of drug-likeness (QED) is 0.426. The van der Waals surface area contributed by atoms with Crippen LogP contribution in [0.1, 0.15) is 62.0 Å². The Morgan fingerprint density at radius 2 is 2.03 bits per heavy atom. The minimum atomic E-state index is -0.497. The molecule has 0 aliphatic heterocycles. The van der Waals surface area contributed by atoms with Crippen LogP contribution >= 0.6 is 0 Å². The number of hydrogen-bond acceptors (Lipinski definition) is 8. The number of benzene rings is 1. The zero-order valence-electron chi connectivity index (χ0n) is 19.6. The van der Waals surface area contributed by atoms with Crippen molar-refractivity contribution in [3.8, 4) is 17.2 Å². The van der Waals surface area contributed by atoms with Gasteiger partial charge in [-0.1, -0.05) is 0 Å². The zero-order chi connectivity index (χ0) is 24.9. The topological polar surface area (TPSA) is 152 Å². The van der Waals surface area contributed by atoms with Crippen molar-refractivity contribution >= 4 is 24.1 Å². The normalized spacial score (nSPS) is 17.6. The summed E-state index contributed by atoms with van der Waals surface area (Å²) in [5, 5.41) is 22.3. The van der Waals surface area contributed by atoms with Crippen molar-refractivity contribution in [3.05, 3.63) is 29.5 Å². The van der Waals surface area contributed by atoms with Crippen molar-refractivity contribution in [2.45, 2.75) is 57.6 Å². The molecule has 1 heterocycles. The fraction of sp³-hybridized carbons (Fsp3) is 0.478. The third kappa shape index (κ3) is 6.63. The van der Waals surface area contributed by atoms with E-state index in [1.807, 2.05) is 20.8 Å². The van der Waals surface area contributed by atoms with Gasteiger partial charge in [0.05, 0.1) is 12.7 Å². The molecular formula is C23H30N4O7. The van der Waals surface area contributed by atoms with E-state index in [-0.39, 0.29) is 40.4 Å². The number of methoxy groups -OCH3 is 1. The lowest BCUT2D eigenvalue weighted by Gasteiger charge is -2.22. The van der Waals surface area contributed by atoms with E-state index in [1.165, 1.54) is 19.2 Å². The standard InChI is InChI=1S/C23H30N4O7/c1-23(2,3)25-22(31)34-14-6-5-13(7-14)17-10-20(27-26-17)24-21(30)12-33-19-9-15(32-4)8-18(29)16(19)11-28/h8-11,13-14,29H,5-7,12H2,1-4H3,(H,25,31)(H2,24,26,27,30)/t13-,14?/m0/s1. The highest BCUT2D eigenvalue weighted by Crippen LogP contribution is 2.36. The summed E-state index contributed by atoms with van der Waals surface area (Å²) in [4.78, 5) is 35.5. The van der Waals surface area contributed by atoms with Crippen LogP contribution in [-0.4, -0.2) is 59.0 Å². The second-order valence-corrected chi connectivity index (χ2v) is 9.13. The second-order valence-electron chi connectivity index (χ2n) is 9.13. The monoisotopic (exact) mass is 474 g/mol. The molecule has 34 heavy (non-hydrogen) atoms. The van der Waals surface area contributed by atoms with Crippen molar-refractivity contribution in [3.63, 3.8) is 0 Å². The van der Waals surface area contributed by atoms with E-state index in [2.05, 4.69) is 20.8 Å². The largest absolute Gasteiger partial charge is 0.507 e. The number of aldehydes is 1. The molecule has 1 aromatic heterocycles. The van der Waals surface area contributed by atoms with Crippen LogP contribution < -0.4 is 20.1 Å². The highest BCUT2D eigenvalue weighted by molar-refractivity contribution is 5.91. The van der Waals surface area contributed by atoms with Crippen LogP contribution in [0.25, 0.3) is 0 Å². The van der Waals surface area contributed by atoms with Crippen LogP contribution in [0.15, 0.2) is 18.2 Å². The Morgan fingerprint density at radius 1 is 1.26 bits per heavy atom. The summed E-state index contributed by atoms with van der Waals surface area (Å²) >= 11 is 0. The molecular weight excluding hydrogens is 444 g/mol. The minimum absolute atomic E-state index is 0.0252. The van der Waals surface area contributed by atoms with E-state index < -0.39 is 18.6 Å². The van der Waals surface area contributed by atoms with Crippen LogP contribution in [0.3, 0.4) is 0 Å². The van der Waals surface area contributed by atoms with Crippen molar-refractivity contribution in [2.75, 3.05) is 19.0 Å². The Morgan fingerprint density at radius 3 is 2.71 bits per heavy atom. The van der Waals surface area contributed by atoms with Crippen LogP contribution in [0.4, 0.5) is 10.6 Å². The average Bonchev–Trinajstić information content (AvgIpc) is 3.39. The summed E-state index contributed by atoms with van der Waals surface area (Å²) in [5.74, 6) is -0.0539. The number of nitrogens with zero attached hydrogens (tertiary/aromatic N) is 1.